The molecular formula is C14H16BrN3. The molecule has 1 aromatic carbocycles. The highest BCUT2D eigenvalue weighted by Crippen LogP contribution is 2.30. The quantitative estimate of drug-likeness (QED) is 0.797. The molecule has 94 valence electrons. The minimum atomic E-state index is 0.575. The molecule has 0 aliphatic carbocycles. The molecule has 2 aromatic rings. The van der Waals surface area contributed by atoms with Gasteiger partial charge in [-0.05, 0) is 25.3 Å². The lowest BCUT2D eigenvalue weighted by Gasteiger charge is -2.36. The Morgan fingerprint density at radius 1 is 1.28 bits per heavy atom. The van der Waals surface area contributed by atoms with Gasteiger partial charge in [0.1, 0.15) is 0 Å². The lowest BCUT2D eigenvalue weighted by atomic mass is 10.0. The van der Waals surface area contributed by atoms with Gasteiger partial charge in [-0.25, -0.2) is 0 Å². The van der Waals surface area contributed by atoms with Crippen LogP contribution in [0, 0.1) is 0 Å². The van der Waals surface area contributed by atoms with E-state index in [-0.39, 0.29) is 0 Å². The van der Waals surface area contributed by atoms with Crippen LogP contribution in [0.5, 0.6) is 0 Å². The lowest BCUT2D eigenvalue weighted by Crippen LogP contribution is -2.40. The van der Waals surface area contributed by atoms with Gasteiger partial charge in [-0.3, -0.25) is 0 Å². The molecule has 18 heavy (non-hydrogen) atoms. The Kier molecular flexibility index (Phi) is 3.46. The van der Waals surface area contributed by atoms with Crippen molar-refractivity contribution in [3.8, 4) is 0 Å². The Hall–Kier alpha value is -1.16. The van der Waals surface area contributed by atoms with Crippen LogP contribution in [0.15, 0.2) is 30.5 Å². The predicted octanol–water partition coefficient (Wildman–Crippen LogP) is 3.38. The molecule has 1 fully saturated rings. The number of piperidine rings is 1. The van der Waals surface area contributed by atoms with Gasteiger partial charge in [0.25, 0.3) is 0 Å². The maximum atomic E-state index is 4.20. The Morgan fingerprint density at radius 2 is 2.17 bits per heavy atom. The smallest absolute Gasteiger partial charge is 0.0950 e. The molecule has 1 aliphatic heterocycles. The second-order valence-corrected chi connectivity index (χ2v) is 5.39. The zero-order valence-electron chi connectivity index (χ0n) is 10.2. The molecule has 3 nitrogen and oxygen atoms in total. The summed E-state index contributed by atoms with van der Waals surface area (Å²) in [6, 6.07) is 8.82. The van der Waals surface area contributed by atoms with Crippen LogP contribution in [0.4, 0.5) is 5.69 Å². The first-order chi connectivity index (χ1) is 8.90. The van der Waals surface area contributed by atoms with Crippen molar-refractivity contribution in [1.82, 2.24) is 10.2 Å². The number of hydrogen-bond acceptors (Lipinski definition) is 3. The summed E-state index contributed by atoms with van der Waals surface area (Å²) >= 11 is 3.63. The van der Waals surface area contributed by atoms with Crippen LogP contribution in [-0.2, 0) is 0 Å². The minimum Gasteiger partial charge on any atom is -0.366 e. The third kappa shape index (κ3) is 2.09. The summed E-state index contributed by atoms with van der Waals surface area (Å²) in [6.07, 6.45) is 5.74. The number of alkyl halides is 1. The molecule has 0 N–H and O–H groups in total. The van der Waals surface area contributed by atoms with Crippen LogP contribution in [0.3, 0.4) is 0 Å². The van der Waals surface area contributed by atoms with E-state index < -0.39 is 0 Å². The van der Waals surface area contributed by atoms with Crippen LogP contribution in [0.1, 0.15) is 19.3 Å². The molecule has 0 saturated carbocycles. The SMILES string of the molecule is BrCC1CCCCN1c1cnnc2ccccc12. The third-order valence-electron chi connectivity index (χ3n) is 3.64. The first-order valence-electron chi connectivity index (χ1n) is 6.43. The largest absolute Gasteiger partial charge is 0.366 e. The lowest BCUT2D eigenvalue weighted by molar-refractivity contribution is 0.492. The minimum absolute atomic E-state index is 0.575. The van der Waals surface area contributed by atoms with Gasteiger partial charge in [-0.1, -0.05) is 34.1 Å². The van der Waals surface area contributed by atoms with Crippen molar-refractivity contribution in [2.45, 2.75) is 25.3 Å². The first-order valence-corrected chi connectivity index (χ1v) is 7.55. The zero-order valence-corrected chi connectivity index (χ0v) is 11.8. The summed E-state index contributed by atoms with van der Waals surface area (Å²) in [5, 5.41) is 10.6. The Balaban J connectivity index is 2.07. The summed E-state index contributed by atoms with van der Waals surface area (Å²) in [6.45, 7) is 1.12. The average molecular weight is 306 g/mol. The molecule has 0 amide bonds. The van der Waals surface area contributed by atoms with Crippen LogP contribution < -0.4 is 4.90 Å². The van der Waals surface area contributed by atoms with Crippen LogP contribution in [0.2, 0.25) is 0 Å². The molecule has 1 atom stereocenters. The van der Waals surface area contributed by atoms with E-state index in [1.807, 2.05) is 18.3 Å². The molecular weight excluding hydrogens is 290 g/mol. The van der Waals surface area contributed by atoms with E-state index in [9.17, 15) is 0 Å². The molecule has 0 radical (unpaired) electrons. The summed E-state index contributed by atoms with van der Waals surface area (Å²) in [4.78, 5) is 2.48. The number of rotatable bonds is 2. The van der Waals surface area contributed by atoms with Gasteiger partial charge in [0, 0.05) is 23.3 Å². The normalized spacial score (nSPS) is 20.3. The molecule has 1 unspecified atom stereocenters. The second-order valence-electron chi connectivity index (χ2n) is 4.74. The summed E-state index contributed by atoms with van der Waals surface area (Å²) in [5.74, 6) is 0. The van der Waals surface area contributed by atoms with Gasteiger partial charge in [0.2, 0.25) is 0 Å². The number of fused-ring (bicyclic) bond motifs is 1. The first kappa shape index (κ1) is 11.9. The van der Waals surface area contributed by atoms with Gasteiger partial charge in [0.15, 0.2) is 0 Å². The summed E-state index contributed by atoms with van der Waals surface area (Å²) in [5.41, 5.74) is 2.21. The van der Waals surface area contributed by atoms with E-state index in [1.165, 1.54) is 30.3 Å². The number of nitrogens with zero attached hydrogens (tertiary/aromatic N) is 3. The van der Waals surface area contributed by atoms with Crippen LogP contribution in [0.25, 0.3) is 10.9 Å². The topological polar surface area (TPSA) is 29.0 Å². The van der Waals surface area contributed by atoms with Crippen molar-refractivity contribution in [3.05, 3.63) is 30.5 Å². The van der Waals surface area contributed by atoms with E-state index in [0.717, 1.165) is 17.4 Å². The fourth-order valence-corrected chi connectivity index (χ4v) is 3.37. The molecule has 1 aromatic heterocycles. The second kappa shape index (κ2) is 5.22. The number of halogens is 1. The van der Waals surface area contributed by atoms with Gasteiger partial charge in [-0.2, -0.15) is 10.2 Å². The third-order valence-corrected chi connectivity index (χ3v) is 4.39. The number of hydrogen-bond donors (Lipinski definition) is 0. The van der Waals surface area contributed by atoms with E-state index >= 15 is 0 Å². The van der Waals surface area contributed by atoms with Crippen LogP contribution in [-0.4, -0.2) is 28.1 Å². The highest BCUT2D eigenvalue weighted by Gasteiger charge is 2.23. The van der Waals surface area contributed by atoms with E-state index in [1.54, 1.807) is 0 Å². The van der Waals surface area contributed by atoms with Crippen molar-refractivity contribution in [2.24, 2.45) is 0 Å². The summed E-state index contributed by atoms with van der Waals surface area (Å²) < 4.78 is 0. The molecule has 1 saturated heterocycles. The molecule has 3 rings (SSSR count). The number of anilines is 1. The van der Waals surface area contributed by atoms with Crippen molar-refractivity contribution >= 4 is 32.5 Å². The van der Waals surface area contributed by atoms with Gasteiger partial charge < -0.3 is 4.90 Å². The van der Waals surface area contributed by atoms with Gasteiger partial charge in [-0.15, -0.1) is 0 Å². The monoisotopic (exact) mass is 305 g/mol. The van der Waals surface area contributed by atoms with Gasteiger partial charge in [0.05, 0.1) is 17.4 Å². The van der Waals surface area contributed by atoms with E-state index in [0.29, 0.717) is 6.04 Å². The molecule has 2 heterocycles. The summed E-state index contributed by atoms with van der Waals surface area (Å²) in [7, 11) is 0. The fraction of sp³-hybridized carbons (Fsp3) is 0.429. The van der Waals surface area contributed by atoms with Gasteiger partial charge >= 0.3 is 0 Å². The predicted molar refractivity (Wildman–Crippen MR) is 78.3 cm³/mol. The Labute approximate surface area is 115 Å². The maximum Gasteiger partial charge on any atom is 0.0950 e. The van der Waals surface area contributed by atoms with E-state index in [4.69, 9.17) is 0 Å². The Bertz CT molecular complexity index is 538. The van der Waals surface area contributed by atoms with Crippen LogP contribution >= 0.6 is 15.9 Å². The average Bonchev–Trinajstić information content (AvgIpc) is 2.46. The van der Waals surface area contributed by atoms with E-state index in [2.05, 4.69) is 43.2 Å². The number of aromatic nitrogens is 2. The highest BCUT2D eigenvalue weighted by molar-refractivity contribution is 9.09. The maximum absolute atomic E-state index is 4.20. The van der Waals surface area contributed by atoms with Crippen molar-refractivity contribution in [1.29, 1.82) is 0 Å². The zero-order chi connectivity index (χ0) is 12.4. The molecule has 0 bridgehead atoms. The standard InChI is InChI=1S/C14H16BrN3/c15-9-11-5-3-4-8-18(11)14-10-16-17-13-7-2-1-6-12(13)14/h1-2,6-7,10-11H,3-5,8-9H2. The van der Waals surface area contributed by atoms with Crippen molar-refractivity contribution in [2.75, 3.05) is 16.8 Å². The highest BCUT2D eigenvalue weighted by atomic mass is 79.9. The molecule has 0 spiro atoms. The molecule has 4 heteroatoms. The fourth-order valence-electron chi connectivity index (χ4n) is 2.70. The van der Waals surface area contributed by atoms with Crippen molar-refractivity contribution in [3.63, 3.8) is 0 Å². The number of benzene rings is 1. The van der Waals surface area contributed by atoms with Crippen molar-refractivity contribution < 1.29 is 0 Å². The Morgan fingerprint density at radius 3 is 3.06 bits per heavy atom. The molecule has 1 aliphatic rings.